The molecule has 0 aliphatic rings. The maximum Gasteiger partial charge on any atom is 0.270 e. The molecule has 2 aromatic heterocycles. The van der Waals surface area contributed by atoms with Crippen LogP contribution in [0.25, 0.3) is 34.2 Å². The van der Waals surface area contributed by atoms with Crippen molar-refractivity contribution in [1.29, 1.82) is 0 Å². The van der Waals surface area contributed by atoms with Crippen LogP contribution in [0.2, 0.25) is 0 Å². The van der Waals surface area contributed by atoms with Gasteiger partial charge in [-0.05, 0) is 54.4 Å². The van der Waals surface area contributed by atoms with E-state index in [1.807, 2.05) is 62.6 Å². The smallest absolute Gasteiger partial charge is 0.270 e. The van der Waals surface area contributed by atoms with Crippen LogP contribution >= 0.6 is 0 Å². The molecular formula is C29H30N6O. The Hall–Kier alpha value is -4.23. The fourth-order valence-corrected chi connectivity index (χ4v) is 4.34. The number of rotatable bonds is 8. The highest BCUT2D eigenvalue weighted by molar-refractivity contribution is 5.92. The zero-order valence-corrected chi connectivity index (χ0v) is 20.6. The minimum atomic E-state index is -0.172. The summed E-state index contributed by atoms with van der Waals surface area (Å²) in [4.78, 5) is 27.4. The number of imidazole rings is 1. The standard InChI is InChI=1S/C29H30N6O/c1-34(2)22-12-9-20(10-13-22)11-14-28-32-25-18-23-24(19-27(25)35(28)16-6-15-30)31-26(29(36)33-23)17-21-7-4-3-5-8-21/h3-5,7-14,18-19H,6,15-17,30H2,1-2H3,(H,33,36)/b14-11+. The predicted molar refractivity (Wildman–Crippen MR) is 148 cm³/mol. The van der Waals surface area contributed by atoms with E-state index in [0.29, 0.717) is 24.2 Å². The number of anilines is 1. The summed E-state index contributed by atoms with van der Waals surface area (Å²) in [7, 11) is 4.06. The van der Waals surface area contributed by atoms with Gasteiger partial charge in [-0.25, -0.2) is 9.97 Å². The van der Waals surface area contributed by atoms with Crippen LogP contribution in [0, 0.1) is 0 Å². The summed E-state index contributed by atoms with van der Waals surface area (Å²) in [5.41, 5.74) is 12.7. The van der Waals surface area contributed by atoms with E-state index in [1.165, 1.54) is 0 Å². The largest absolute Gasteiger partial charge is 0.378 e. The van der Waals surface area contributed by atoms with Gasteiger partial charge in [0.2, 0.25) is 0 Å². The molecule has 0 fully saturated rings. The molecule has 36 heavy (non-hydrogen) atoms. The minimum absolute atomic E-state index is 0.172. The molecule has 3 N–H and O–H groups in total. The van der Waals surface area contributed by atoms with Crippen LogP contribution in [0.1, 0.15) is 29.1 Å². The van der Waals surface area contributed by atoms with Gasteiger partial charge in [0.1, 0.15) is 11.5 Å². The lowest BCUT2D eigenvalue weighted by molar-refractivity contribution is 0.661. The van der Waals surface area contributed by atoms with Crippen LogP contribution in [0.5, 0.6) is 0 Å². The number of aryl methyl sites for hydroxylation is 1. The molecule has 0 aliphatic heterocycles. The van der Waals surface area contributed by atoms with Crippen molar-refractivity contribution >= 4 is 39.9 Å². The third-order valence-electron chi connectivity index (χ3n) is 6.30. The summed E-state index contributed by atoms with van der Waals surface area (Å²) >= 11 is 0. The second-order valence-corrected chi connectivity index (χ2v) is 9.12. The lowest BCUT2D eigenvalue weighted by atomic mass is 10.1. The number of H-pyrrole nitrogens is 1. The number of fused-ring (bicyclic) bond motifs is 2. The van der Waals surface area contributed by atoms with Gasteiger partial charge >= 0.3 is 0 Å². The SMILES string of the molecule is CN(C)c1ccc(/C=C/c2nc3cc4[nH]c(=O)c(Cc5ccccc5)nc4cc3n2CCCN)cc1. The summed E-state index contributed by atoms with van der Waals surface area (Å²) in [6.07, 6.45) is 5.41. The summed E-state index contributed by atoms with van der Waals surface area (Å²) in [6.45, 7) is 1.34. The Morgan fingerprint density at radius 3 is 2.47 bits per heavy atom. The van der Waals surface area contributed by atoms with Gasteiger partial charge in [-0.3, -0.25) is 4.79 Å². The van der Waals surface area contributed by atoms with Crippen LogP contribution in [0.3, 0.4) is 0 Å². The first-order valence-electron chi connectivity index (χ1n) is 12.1. The fourth-order valence-electron chi connectivity index (χ4n) is 4.34. The third-order valence-corrected chi connectivity index (χ3v) is 6.30. The molecule has 0 spiro atoms. The molecule has 0 radical (unpaired) electrons. The molecule has 0 atom stereocenters. The lowest BCUT2D eigenvalue weighted by Crippen LogP contribution is -2.15. The normalized spacial score (nSPS) is 11.6. The molecule has 0 aliphatic carbocycles. The maximum atomic E-state index is 12.7. The van der Waals surface area contributed by atoms with Crippen molar-refractivity contribution in [3.63, 3.8) is 0 Å². The average Bonchev–Trinajstić information content (AvgIpc) is 3.22. The quantitative estimate of drug-likeness (QED) is 0.344. The molecule has 0 saturated heterocycles. The summed E-state index contributed by atoms with van der Waals surface area (Å²) < 4.78 is 2.18. The number of aromatic nitrogens is 4. The molecule has 182 valence electrons. The van der Waals surface area contributed by atoms with Crippen LogP contribution in [0.4, 0.5) is 5.69 Å². The van der Waals surface area contributed by atoms with Crippen LogP contribution in [-0.4, -0.2) is 40.2 Å². The van der Waals surface area contributed by atoms with Gasteiger partial charge in [0, 0.05) is 32.7 Å². The number of hydrogen-bond acceptors (Lipinski definition) is 5. The van der Waals surface area contributed by atoms with Gasteiger partial charge in [0.05, 0.1) is 22.1 Å². The zero-order valence-electron chi connectivity index (χ0n) is 20.6. The van der Waals surface area contributed by atoms with E-state index < -0.39 is 0 Å². The molecule has 3 aromatic carbocycles. The van der Waals surface area contributed by atoms with Gasteiger partial charge in [-0.15, -0.1) is 0 Å². The number of nitrogens with zero attached hydrogens (tertiary/aromatic N) is 4. The fraction of sp³-hybridized carbons (Fsp3) is 0.207. The van der Waals surface area contributed by atoms with Gasteiger partial charge in [-0.2, -0.15) is 0 Å². The summed E-state index contributed by atoms with van der Waals surface area (Å²) in [5, 5.41) is 0. The first-order chi connectivity index (χ1) is 17.5. The predicted octanol–water partition coefficient (Wildman–Crippen LogP) is 4.45. The van der Waals surface area contributed by atoms with Crippen molar-refractivity contribution in [2.45, 2.75) is 19.4 Å². The second kappa shape index (κ2) is 10.2. The molecular weight excluding hydrogens is 448 g/mol. The van der Waals surface area contributed by atoms with E-state index >= 15 is 0 Å². The van der Waals surface area contributed by atoms with Gasteiger partial charge < -0.3 is 20.2 Å². The van der Waals surface area contributed by atoms with Crippen molar-refractivity contribution in [1.82, 2.24) is 19.5 Å². The van der Waals surface area contributed by atoms with Crippen molar-refractivity contribution in [3.8, 4) is 0 Å². The first-order valence-corrected chi connectivity index (χ1v) is 12.1. The number of benzene rings is 3. The molecule has 0 amide bonds. The average molecular weight is 479 g/mol. The van der Waals surface area contributed by atoms with Crippen LogP contribution in [0.15, 0.2) is 71.5 Å². The highest BCUT2D eigenvalue weighted by atomic mass is 16.1. The van der Waals surface area contributed by atoms with E-state index in [-0.39, 0.29) is 5.56 Å². The Labute approximate surface area is 209 Å². The van der Waals surface area contributed by atoms with Crippen molar-refractivity contribution < 1.29 is 0 Å². The lowest BCUT2D eigenvalue weighted by Gasteiger charge is -2.11. The van der Waals surface area contributed by atoms with Crippen LogP contribution < -0.4 is 16.2 Å². The highest BCUT2D eigenvalue weighted by Gasteiger charge is 2.13. The van der Waals surface area contributed by atoms with Gasteiger partial charge in [0.25, 0.3) is 5.56 Å². The van der Waals surface area contributed by atoms with E-state index in [2.05, 4.69) is 44.8 Å². The second-order valence-electron chi connectivity index (χ2n) is 9.12. The van der Waals surface area contributed by atoms with Crippen molar-refractivity contribution in [2.24, 2.45) is 5.73 Å². The Morgan fingerprint density at radius 1 is 0.972 bits per heavy atom. The van der Waals surface area contributed by atoms with E-state index in [1.54, 1.807) is 0 Å². The van der Waals surface area contributed by atoms with Crippen molar-refractivity contribution in [3.05, 3.63) is 99.7 Å². The molecule has 5 rings (SSSR count). The summed E-state index contributed by atoms with van der Waals surface area (Å²) in [5.74, 6) is 0.845. The van der Waals surface area contributed by atoms with E-state index in [0.717, 1.165) is 52.2 Å². The molecule has 0 bridgehead atoms. The Kier molecular flexibility index (Phi) is 6.64. The van der Waals surface area contributed by atoms with Gasteiger partial charge in [-0.1, -0.05) is 48.5 Å². The monoisotopic (exact) mass is 478 g/mol. The molecule has 7 heteroatoms. The zero-order chi connectivity index (χ0) is 25.1. The molecule has 0 saturated carbocycles. The Bertz CT molecular complexity index is 1580. The number of nitrogens with one attached hydrogen (secondary N) is 1. The van der Waals surface area contributed by atoms with Gasteiger partial charge in [0.15, 0.2) is 0 Å². The third kappa shape index (κ3) is 4.92. The minimum Gasteiger partial charge on any atom is -0.378 e. The van der Waals surface area contributed by atoms with Crippen LogP contribution in [-0.2, 0) is 13.0 Å². The highest BCUT2D eigenvalue weighted by Crippen LogP contribution is 2.24. The molecule has 2 heterocycles. The Morgan fingerprint density at radius 2 is 1.75 bits per heavy atom. The number of aromatic amines is 1. The molecule has 7 nitrogen and oxygen atoms in total. The van der Waals surface area contributed by atoms with E-state index in [4.69, 9.17) is 15.7 Å². The molecule has 0 unspecified atom stereocenters. The molecule has 5 aromatic rings. The topological polar surface area (TPSA) is 92.8 Å². The number of nitrogens with two attached hydrogens (primary N) is 1. The van der Waals surface area contributed by atoms with Crippen molar-refractivity contribution in [2.75, 3.05) is 25.5 Å². The Balaban J connectivity index is 1.55. The number of hydrogen-bond donors (Lipinski definition) is 2. The first kappa shape index (κ1) is 23.5. The summed E-state index contributed by atoms with van der Waals surface area (Å²) in [6, 6.07) is 22.2. The van der Waals surface area contributed by atoms with E-state index in [9.17, 15) is 4.79 Å². The maximum absolute atomic E-state index is 12.7.